The van der Waals surface area contributed by atoms with E-state index in [0.717, 1.165) is 6.42 Å². The molecule has 1 aromatic rings. The van der Waals surface area contributed by atoms with Crippen LogP contribution < -0.4 is 0 Å². The predicted molar refractivity (Wildman–Crippen MR) is 63.1 cm³/mol. The lowest BCUT2D eigenvalue weighted by molar-refractivity contribution is 1.14. The second-order valence-electron chi connectivity index (χ2n) is 3.59. The number of allylic oxidation sites excluding steroid dienone is 2. The number of aryl methyl sites for hydroxylation is 1. The molecule has 0 radical (unpaired) electrons. The van der Waals surface area contributed by atoms with Gasteiger partial charge in [-0.25, -0.2) is 0 Å². The van der Waals surface area contributed by atoms with Crippen LogP contribution in [0.5, 0.6) is 0 Å². The van der Waals surface area contributed by atoms with Crippen LogP contribution >= 0.6 is 0 Å². The van der Waals surface area contributed by atoms with E-state index in [-0.39, 0.29) is 0 Å². The number of hydrogen-bond acceptors (Lipinski definition) is 1. The zero-order chi connectivity index (χ0) is 10.4. The highest BCUT2D eigenvalue weighted by atomic mass is 14.6. The molecule has 0 unspecified atom stereocenters. The lowest BCUT2D eigenvalue weighted by Crippen LogP contribution is -1.87. The standard InChI is InChI=1S/C13H17N/c1-11-5-4-6-13(9-11)10-12(2)7-8-14-3/h4-9H,10H2,1-3H3/b12-7-,14-8?. The Balaban J connectivity index is 2.69. The van der Waals surface area contributed by atoms with Crippen molar-refractivity contribution in [3.8, 4) is 0 Å². The van der Waals surface area contributed by atoms with Gasteiger partial charge in [0, 0.05) is 13.3 Å². The van der Waals surface area contributed by atoms with Crippen LogP contribution in [0.25, 0.3) is 0 Å². The third kappa shape index (κ3) is 3.56. The highest BCUT2D eigenvalue weighted by Crippen LogP contribution is 2.09. The van der Waals surface area contributed by atoms with Gasteiger partial charge in [-0.3, -0.25) is 4.99 Å². The molecular formula is C13H17N. The van der Waals surface area contributed by atoms with Crippen molar-refractivity contribution in [2.45, 2.75) is 20.3 Å². The van der Waals surface area contributed by atoms with E-state index in [1.807, 2.05) is 6.21 Å². The maximum atomic E-state index is 3.93. The fourth-order valence-electron chi connectivity index (χ4n) is 1.40. The molecule has 14 heavy (non-hydrogen) atoms. The molecule has 0 aromatic heterocycles. The summed E-state index contributed by atoms with van der Waals surface area (Å²) >= 11 is 0. The molecule has 0 aliphatic heterocycles. The third-order valence-electron chi connectivity index (χ3n) is 2.07. The molecule has 0 heterocycles. The van der Waals surface area contributed by atoms with Crippen LogP contribution in [0.15, 0.2) is 40.9 Å². The molecule has 0 aliphatic carbocycles. The summed E-state index contributed by atoms with van der Waals surface area (Å²) in [6, 6.07) is 8.61. The van der Waals surface area contributed by atoms with E-state index in [4.69, 9.17) is 0 Å². The Bertz CT molecular complexity index is 348. The summed E-state index contributed by atoms with van der Waals surface area (Å²) in [7, 11) is 1.79. The van der Waals surface area contributed by atoms with Crippen LogP contribution in [0.2, 0.25) is 0 Å². The number of rotatable bonds is 3. The Labute approximate surface area is 86.2 Å². The molecule has 0 spiro atoms. The van der Waals surface area contributed by atoms with Gasteiger partial charge in [-0.2, -0.15) is 0 Å². The molecule has 0 amide bonds. The minimum Gasteiger partial charge on any atom is -0.297 e. The fraction of sp³-hybridized carbons (Fsp3) is 0.308. The molecular weight excluding hydrogens is 170 g/mol. The van der Waals surface area contributed by atoms with E-state index in [1.165, 1.54) is 16.7 Å². The second kappa shape index (κ2) is 5.38. The highest BCUT2D eigenvalue weighted by Gasteiger charge is 1.93. The van der Waals surface area contributed by atoms with Crippen molar-refractivity contribution in [2.24, 2.45) is 4.99 Å². The van der Waals surface area contributed by atoms with E-state index < -0.39 is 0 Å². The quantitative estimate of drug-likeness (QED) is 0.644. The zero-order valence-electron chi connectivity index (χ0n) is 9.12. The fourth-order valence-corrected chi connectivity index (χ4v) is 1.40. The van der Waals surface area contributed by atoms with Gasteiger partial charge in [0.25, 0.3) is 0 Å². The zero-order valence-corrected chi connectivity index (χ0v) is 9.12. The summed E-state index contributed by atoms with van der Waals surface area (Å²) in [4.78, 5) is 3.93. The monoisotopic (exact) mass is 187 g/mol. The van der Waals surface area contributed by atoms with Gasteiger partial charge < -0.3 is 0 Å². The predicted octanol–water partition coefficient (Wildman–Crippen LogP) is 3.18. The molecule has 0 aliphatic rings. The van der Waals surface area contributed by atoms with Crippen LogP contribution in [-0.4, -0.2) is 13.3 Å². The average Bonchev–Trinajstić information content (AvgIpc) is 2.15. The van der Waals surface area contributed by atoms with Gasteiger partial charge in [0.15, 0.2) is 0 Å². The van der Waals surface area contributed by atoms with Gasteiger partial charge in [0.1, 0.15) is 0 Å². The Morgan fingerprint density at radius 1 is 1.43 bits per heavy atom. The maximum absolute atomic E-state index is 3.93. The summed E-state index contributed by atoms with van der Waals surface area (Å²) in [6.07, 6.45) is 4.90. The number of hydrogen-bond donors (Lipinski definition) is 0. The first-order valence-electron chi connectivity index (χ1n) is 4.86. The highest BCUT2D eigenvalue weighted by molar-refractivity contribution is 5.71. The van der Waals surface area contributed by atoms with Crippen molar-refractivity contribution in [2.75, 3.05) is 7.05 Å². The van der Waals surface area contributed by atoms with Gasteiger partial charge in [0.2, 0.25) is 0 Å². The number of nitrogens with zero attached hydrogens (tertiary/aromatic N) is 1. The van der Waals surface area contributed by atoms with Gasteiger partial charge in [-0.15, -0.1) is 0 Å². The molecule has 74 valence electrons. The van der Waals surface area contributed by atoms with E-state index in [1.54, 1.807) is 7.05 Å². The SMILES string of the molecule is CN=C/C=C(/C)Cc1cccc(C)c1. The van der Waals surface area contributed by atoms with E-state index in [0.29, 0.717) is 0 Å². The lowest BCUT2D eigenvalue weighted by Gasteiger charge is -2.01. The van der Waals surface area contributed by atoms with Crippen molar-refractivity contribution in [3.05, 3.63) is 47.0 Å². The number of benzene rings is 1. The van der Waals surface area contributed by atoms with E-state index in [9.17, 15) is 0 Å². The molecule has 1 nitrogen and oxygen atoms in total. The molecule has 0 N–H and O–H groups in total. The number of aliphatic imine (C=N–C) groups is 1. The van der Waals surface area contributed by atoms with Gasteiger partial charge in [-0.1, -0.05) is 35.4 Å². The summed E-state index contributed by atoms with van der Waals surface area (Å²) in [5.74, 6) is 0. The van der Waals surface area contributed by atoms with Crippen molar-refractivity contribution >= 4 is 6.21 Å². The maximum Gasteiger partial charge on any atom is 0.0277 e. The average molecular weight is 187 g/mol. The first-order valence-corrected chi connectivity index (χ1v) is 4.86. The smallest absolute Gasteiger partial charge is 0.0277 e. The summed E-state index contributed by atoms with van der Waals surface area (Å²) in [6.45, 7) is 4.25. The molecule has 1 heteroatoms. The summed E-state index contributed by atoms with van der Waals surface area (Å²) < 4.78 is 0. The van der Waals surface area contributed by atoms with Gasteiger partial charge in [0.05, 0.1) is 0 Å². The van der Waals surface area contributed by atoms with Crippen LogP contribution in [0.4, 0.5) is 0 Å². The Morgan fingerprint density at radius 3 is 2.86 bits per heavy atom. The molecule has 1 aromatic carbocycles. The molecule has 0 saturated carbocycles. The van der Waals surface area contributed by atoms with Crippen molar-refractivity contribution in [1.82, 2.24) is 0 Å². The first kappa shape index (κ1) is 10.7. The van der Waals surface area contributed by atoms with Crippen LogP contribution in [-0.2, 0) is 6.42 Å². The van der Waals surface area contributed by atoms with Crippen LogP contribution in [0, 0.1) is 6.92 Å². The van der Waals surface area contributed by atoms with Crippen molar-refractivity contribution < 1.29 is 0 Å². The van der Waals surface area contributed by atoms with Gasteiger partial charge in [-0.05, 0) is 31.9 Å². The van der Waals surface area contributed by atoms with Crippen LogP contribution in [0.1, 0.15) is 18.1 Å². The van der Waals surface area contributed by atoms with Crippen molar-refractivity contribution in [1.29, 1.82) is 0 Å². The van der Waals surface area contributed by atoms with E-state index >= 15 is 0 Å². The summed E-state index contributed by atoms with van der Waals surface area (Å²) in [5, 5.41) is 0. The van der Waals surface area contributed by atoms with Crippen molar-refractivity contribution in [3.63, 3.8) is 0 Å². The minimum absolute atomic E-state index is 1.01. The van der Waals surface area contributed by atoms with Crippen LogP contribution in [0.3, 0.4) is 0 Å². The second-order valence-corrected chi connectivity index (χ2v) is 3.59. The molecule has 1 rings (SSSR count). The molecule has 0 fully saturated rings. The third-order valence-corrected chi connectivity index (χ3v) is 2.07. The lowest BCUT2D eigenvalue weighted by atomic mass is 10.0. The Hall–Kier alpha value is -1.37. The molecule has 0 bridgehead atoms. The Kier molecular flexibility index (Phi) is 4.11. The normalized spacial score (nSPS) is 12.4. The molecule has 0 saturated heterocycles. The first-order chi connectivity index (χ1) is 6.72. The molecule has 0 atom stereocenters. The van der Waals surface area contributed by atoms with Gasteiger partial charge >= 0.3 is 0 Å². The topological polar surface area (TPSA) is 12.4 Å². The van der Waals surface area contributed by atoms with E-state index in [2.05, 4.69) is 49.2 Å². The largest absolute Gasteiger partial charge is 0.297 e. The summed E-state index contributed by atoms with van der Waals surface area (Å²) in [5.41, 5.74) is 4.02. The Morgan fingerprint density at radius 2 is 2.21 bits per heavy atom. The minimum atomic E-state index is 1.01.